The van der Waals surface area contributed by atoms with Crippen molar-refractivity contribution in [3.05, 3.63) is 23.3 Å². The summed E-state index contributed by atoms with van der Waals surface area (Å²) in [7, 11) is 0. The zero-order valence-electron chi connectivity index (χ0n) is 19.0. The highest BCUT2D eigenvalue weighted by molar-refractivity contribution is 5.91. The first-order chi connectivity index (χ1) is 13.3. The van der Waals surface area contributed by atoms with E-state index in [9.17, 15) is 4.79 Å². The van der Waals surface area contributed by atoms with Crippen LogP contribution in [0.1, 0.15) is 98.8 Å². The molecule has 0 aromatic heterocycles. The number of rotatable bonds is 4. The van der Waals surface area contributed by atoms with Crippen LogP contribution in [0.25, 0.3) is 0 Å². The predicted octanol–water partition coefficient (Wildman–Crippen LogP) is 7.52. The molecular formula is C27H42O. The highest BCUT2D eigenvalue weighted by Crippen LogP contribution is 2.67. The molecule has 3 saturated carbocycles. The second-order valence-corrected chi connectivity index (χ2v) is 11.5. The molecule has 0 N–H and O–H groups in total. The van der Waals surface area contributed by atoms with Gasteiger partial charge in [-0.2, -0.15) is 0 Å². The van der Waals surface area contributed by atoms with E-state index >= 15 is 0 Å². The fourth-order valence-electron chi connectivity index (χ4n) is 8.37. The maximum atomic E-state index is 12.0. The largest absolute Gasteiger partial charge is 0.295 e. The number of hydrogen-bond donors (Lipinski definition) is 0. The predicted molar refractivity (Wildman–Crippen MR) is 118 cm³/mol. The topological polar surface area (TPSA) is 17.1 Å². The summed E-state index contributed by atoms with van der Waals surface area (Å²) >= 11 is 0. The first-order valence-corrected chi connectivity index (χ1v) is 12.1. The quantitative estimate of drug-likeness (QED) is 0.460. The summed E-state index contributed by atoms with van der Waals surface area (Å²) < 4.78 is 0. The monoisotopic (exact) mass is 382 g/mol. The van der Waals surface area contributed by atoms with Crippen LogP contribution in [-0.4, -0.2) is 5.78 Å². The van der Waals surface area contributed by atoms with Gasteiger partial charge in [0.2, 0.25) is 0 Å². The minimum atomic E-state index is 0.325. The second-order valence-electron chi connectivity index (χ2n) is 11.5. The van der Waals surface area contributed by atoms with Crippen molar-refractivity contribution in [1.82, 2.24) is 0 Å². The third kappa shape index (κ3) is 3.25. The van der Waals surface area contributed by atoms with Crippen LogP contribution in [0.5, 0.6) is 0 Å². The normalized spacial score (nSPS) is 43.5. The smallest absolute Gasteiger partial charge is 0.155 e. The molecule has 0 aromatic carbocycles. The number of fused-ring (bicyclic) bond motifs is 5. The summed E-state index contributed by atoms with van der Waals surface area (Å²) in [5.41, 5.74) is 3.87. The van der Waals surface area contributed by atoms with Crippen molar-refractivity contribution in [2.45, 2.75) is 98.8 Å². The number of hydrogen-bond acceptors (Lipinski definition) is 1. The van der Waals surface area contributed by atoms with Gasteiger partial charge in [-0.15, -0.1) is 0 Å². The van der Waals surface area contributed by atoms with Gasteiger partial charge in [-0.1, -0.05) is 38.0 Å². The molecule has 4 rings (SSSR count). The molecule has 3 fully saturated rings. The van der Waals surface area contributed by atoms with Gasteiger partial charge in [-0.3, -0.25) is 4.79 Å². The van der Waals surface area contributed by atoms with Crippen LogP contribution in [0, 0.1) is 40.4 Å². The third-order valence-corrected chi connectivity index (χ3v) is 9.90. The molecule has 28 heavy (non-hydrogen) atoms. The molecule has 0 radical (unpaired) electrons. The third-order valence-electron chi connectivity index (χ3n) is 9.90. The van der Waals surface area contributed by atoms with Gasteiger partial charge in [0, 0.05) is 6.42 Å². The lowest BCUT2D eigenvalue weighted by molar-refractivity contribution is -0.117. The van der Waals surface area contributed by atoms with Gasteiger partial charge in [-0.05, 0) is 118 Å². The van der Waals surface area contributed by atoms with Gasteiger partial charge < -0.3 is 0 Å². The van der Waals surface area contributed by atoms with Crippen LogP contribution in [0.2, 0.25) is 0 Å². The Morgan fingerprint density at radius 2 is 1.89 bits per heavy atom. The Bertz CT molecular complexity index is 680. The van der Waals surface area contributed by atoms with E-state index in [-0.39, 0.29) is 0 Å². The summed E-state index contributed by atoms with van der Waals surface area (Å²) in [4.78, 5) is 12.0. The van der Waals surface area contributed by atoms with Crippen molar-refractivity contribution >= 4 is 5.78 Å². The number of carbonyl (C=O) groups excluding carboxylic acids is 1. The Hall–Kier alpha value is -0.850. The van der Waals surface area contributed by atoms with Crippen LogP contribution in [-0.2, 0) is 4.79 Å². The second kappa shape index (κ2) is 7.44. The highest BCUT2D eigenvalue weighted by atomic mass is 16.1. The minimum absolute atomic E-state index is 0.325. The van der Waals surface area contributed by atoms with E-state index in [4.69, 9.17) is 0 Å². The zero-order valence-corrected chi connectivity index (χ0v) is 19.0. The molecule has 0 aromatic rings. The van der Waals surface area contributed by atoms with Crippen molar-refractivity contribution in [2.75, 3.05) is 0 Å². The minimum Gasteiger partial charge on any atom is -0.295 e. The van der Waals surface area contributed by atoms with Crippen LogP contribution in [0.3, 0.4) is 0 Å². The first kappa shape index (κ1) is 20.4. The molecule has 0 aliphatic heterocycles. The van der Waals surface area contributed by atoms with Crippen molar-refractivity contribution < 1.29 is 4.79 Å². The van der Waals surface area contributed by atoms with Crippen LogP contribution >= 0.6 is 0 Å². The molecule has 4 aliphatic rings. The van der Waals surface area contributed by atoms with Crippen molar-refractivity contribution in [3.63, 3.8) is 0 Å². The molecule has 4 aliphatic carbocycles. The molecule has 0 unspecified atom stereocenters. The Balaban J connectivity index is 1.51. The first-order valence-electron chi connectivity index (χ1n) is 12.1. The van der Waals surface area contributed by atoms with Crippen LogP contribution in [0.15, 0.2) is 23.3 Å². The molecule has 0 amide bonds. The average molecular weight is 383 g/mol. The molecule has 1 heteroatoms. The Morgan fingerprint density at radius 3 is 2.64 bits per heavy atom. The Kier molecular flexibility index (Phi) is 5.43. The van der Waals surface area contributed by atoms with E-state index in [2.05, 4.69) is 46.8 Å². The summed E-state index contributed by atoms with van der Waals surface area (Å²) in [6.45, 7) is 12.2. The van der Waals surface area contributed by atoms with Gasteiger partial charge in [0.05, 0.1) is 0 Å². The Morgan fingerprint density at radius 1 is 1.11 bits per heavy atom. The van der Waals surface area contributed by atoms with Gasteiger partial charge in [-0.25, -0.2) is 0 Å². The van der Waals surface area contributed by atoms with E-state index in [1.165, 1.54) is 62.5 Å². The van der Waals surface area contributed by atoms with Gasteiger partial charge in [0.25, 0.3) is 0 Å². The molecular weight excluding hydrogens is 340 g/mol. The average Bonchev–Trinajstić information content (AvgIpc) is 2.99. The molecule has 0 bridgehead atoms. The fourth-order valence-corrected chi connectivity index (χ4v) is 8.37. The molecule has 0 spiro atoms. The number of ketones is 1. The molecule has 156 valence electrons. The van der Waals surface area contributed by atoms with E-state index in [1.807, 2.05) is 0 Å². The highest BCUT2D eigenvalue weighted by Gasteiger charge is 2.59. The fraction of sp³-hybridized carbons (Fsp3) is 0.815. The maximum absolute atomic E-state index is 12.0. The zero-order chi connectivity index (χ0) is 20.1. The number of allylic oxidation sites excluding steroid dienone is 3. The molecule has 7 atom stereocenters. The van der Waals surface area contributed by atoms with E-state index in [1.54, 1.807) is 0 Å². The van der Waals surface area contributed by atoms with E-state index < -0.39 is 0 Å². The molecule has 0 heterocycles. The maximum Gasteiger partial charge on any atom is 0.155 e. The molecule has 0 saturated heterocycles. The summed E-state index contributed by atoms with van der Waals surface area (Å²) in [6.07, 6.45) is 17.3. The lowest BCUT2D eigenvalue weighted by Gasteiger charge is -2.58. The van der Waals surface area contributed by atoms with Crippen molar-refractivity contribution in [3.8, 4) is 0 Å². The SMILES string of the molecule is CC(C)=CCC[C@@H](C)[C@H]1CC[C@H]2[C@@H]3CCC4=CC(=O)CC[C@]4(C)[C@H]3CC[C@]12C. The van der Waals surface area contributed by atoms with Gasteiger partial charge in [0.15, 0.2) is 5.78 Å². The Labute approximate surface area is 173 Å². The van der Waals surface area contributed by atoms with Crippen LogP contribution in [0.4, 0.5) is 0 Å². The summed E-state index contributed by atoms with van der Waals surface area (Å²) in [5, 5.41) is 0. The van der Waals surface area contributed by atoms with Gasteiger partial charge >= 0.3 is 0 Å². The van der Waals surface area contributed by atoms with E-state index in [0.29, 0.717) is 16.6 Å². The van der Waals surface area contributed by atoms with Crippen molar-refractivity contribution in [2.24, 2.45) is 40.4 Å². The van der Waals surface area contributed by atoms with Crippen molar-refractivity contribution in [1.29, 1.82) is 0 Å². The standard InChI is InChI=1S/C27H42O/c1-18(2)7-6-8-19(3)23-11-12-24-22-10-9-20-17-21(28)13-15-26(20,4)25(22)14-16-27(23,24)5/h7,17,19,22-25H,6,8-16H2,1-5H3/t19-,22+,23-,24+,25+,26+,27-/m1/s1. The lowest BCUT2D eigenvalue weighted by Crippen LogP contribution is -2.50. The molecule has 1 nitrogen and oxygen atoms in total. The van der Waals surface area contributed by atoms with Gasteiger partial charge in [0.1, 0.15) is 0 Å². The summed E-state index contributed by atoms with van der Waals surface area (Å²) in [6, 6.07) is 0. The number of carbonyl (C=O) groups is 1. The lowest BCUT2D eigenvalue weighted by atomic mass is 9.46. The van der Waals surface area contributed by atoms with E-state index in [0.717, 1.165) is 42.4 Å². The summed E-state index contributed by atoms with van der Waals surface area (Å²) in [5.74, 6) is 4.82. The van der Waals surface area contributed by atoms with Crippen LogP contribution < -0.4 is 0 Å².